The highest BCUT2D eigenvalue weighted by atomic mass is 32.2. The summed E-state index contributed by atoms with van der Waals surface area (Å²) in [6, 6.07) is 9.64. The molecule has 0 bridgehead atoms. The van der Waals surface area contributed by atoms with Gasteiger partial charge in [-0.2, -0.15) is 0 Å². The van der Waals surface area contributed by atoms with E-state index in [2.05, 4.69) is 5.32 Å². The van der Waals surface area contributed by atoms with Crippen LogP contribution in [0.4, 0.5) is 0 Å². The number of sulfone groups is 1. The Morgan fingerprint density at radius 3 is 2.44 bits per heavy atom. The van der Waals surface area contributed by atoms with Crippen LogP contribution in [-0.2, 0) is 19.4 Å². The number of likely N-dealkylation sites (N-methyl/N-ethyl adjacent to an activating group) is 1. The second-order valence-electron chi connectivity index (χ2n) is 5.98. The summed E-state index contributed by atoms with van der Waals surface area (Å²) in [5.74, 6) is -1.73. The lowest BCUT2D eigenvalue weighted by molar-refractivity contribution is -0.128. The molecular weight excluding hydrogens is 370 g/mol. The number of esters is 1. The van der Waals surface area contributed by atoms with Crippen LogP contribution in [-0.4, -0.2) is 38.7 Å². The van der Waals surface area contributed by atoms with Gasteiger partial charge in [0, 0.05) is 17.7 Å². The molecule has 1 heterocycles. The zero-order valence-corrected chi connectivity index (χ0v) is 15.5. The number of carbonyl (C=O) groups is 3. The molecule has 0 saturated heterocycles. The SMILES string of the molecule is CCNC(=O)[C@@H](C)OC(=O)c1ccc2c(c1)S(=O)(=O)c1ccccc1C2=O. The molecular formula is C19H17NO6S. The Morgan fingerprint density at radius 2 is 1.74 bits per heavy atom. The Bertz CT molecular complexity index is 1060. The molecule has 0 aromatic heterocycles. The molecule has 1 aliphatic heterocycles. The highest BCUT2D eigenvalue weighted by Gasteiger charge is 2.35. The van der Waals surface area contributed by atoms with Crippen molar-refractivity contribution in [2.24, 2.45) is 0 Å². The fourth-order valence-corrected chi connectivity index (χ4v) is 4.49. The van der Waals surface area contributed by atoms with Crippen molar-refractivity contribution in [1.29, 1.82) is 0 Å². The average Bonchev–Trinajstić information content (AvgIpc) is 2.66. The summed E-state index contributed by atoms with van der Waals surface area (Å²) >= 11 is 0. The third kappa shape index (κ3) is 3.23. The minimum absolute atomic E-state index is 0.00187. The average molecular weight is 387 g/mol. The van der Waals surface area contributed by atoms with E-state index in [1.807, 2.05) is 0 Å². The van der Waals surface area contributed by atoms with E-state index in [9.17, 15) is 22.8 Å². The molecule has 140 valence electrons. The molecule has 0 unspecified atom stereocenters. The van der Waals surface area contributed by atoms with Crippen molar-refractivity contribution in [3.63, 3.8) is 0 Å². The van der Waals surface area contributed by atoms with Crippen LogP contribution < -0.4 is 5.32 Å². The van der Waals surface area contributed by atoms with Crippen molar-refractivity contribution >= 4 is 27.5 Å². The summed E-state index contributed by atoms with van der Waals surface area (Å²) in [6.45, 7) is 3.53. The van der Waals surface area contributed by atoms with Gasteiger partial charge in [0.05, 0.1) is 15.4 Å². The van der Waals surface area contributed by atoms with Gasteiger partial charge in [-0.25, -0.2) is 13.2 Å². The Labute approximate surface area is 156 Å². The van der Waals surface area contributed by atoms with E-state index in [0.29, 0.717) is 6.54 Å². The fraction of sp³-hybridized carbons (Fsp3) is 0.211. The quantitative estimate of drug-likeness (QED) is 0.684. The summed E-state index contributed by atoms with van der Waals surface area (Å²) in [6.07, 6.45) is -1.03. The number of fused-ring (bicyclic) bond motifs is 2. The van der Waals surface area contributed by atoms with E-state index in [0.717, 1.165) is 6.07 Å². The van der Waals surface area contributed by atoms with Crippen molar-refractivity contribution in [2.75, 3.05) is 6.54 Å². The number of amides is 1. The maximum absolute atomic E-state index is 12.9. The molecule has 0 aliphatic carbocycles. The summed E-state index contributed by atoms with van der Waals surface area (Å²) in [4.78, 5) is 36.2. The minimum atomic E-state index is -3.95. The molecule has 7 nitrogen and oxygen atoms in total. The Morgan fingerprint density at radius 1 is 1.07 bits per heavy atom. The topological polar surface area (TPSA) is 107 Å². The molecule has 3 rings (SSSR count). The van der Waals surface area contributed by atoms with Gasteiger partial charge in [-0.3, -0.25) is 9.59 Å². The van der Waals surface area contributed by atoms with Crippen LogP contribution >= 0.6 is 0 Å². The first kappa shape index (κ1) is 18.8. The van der Waals surface area contributed by atoms with Crippen molar-refractivity contribution < 1.29 is 27.5 Å². The lowest BCUT2D eigenvalue weighted by Gasteiger charge is -2.19. The van der Waals surface area contributed by atoms with Crippen molar-refractivity contribution in [3.05, 3.63) is 59.2 Å². The minimum Gasteiger partial charge on any atom is -0.449 e. The van der Waals surface area contributed by atoms with Gasteiger partial charge in [0.2, 0.25) is 9.84 Å². The molecule has 2 aromatic rings. The van der Waals surface area contributed by atoms with Gasteiger partial charge in [0.25, 0.3) is 5.91 Å². The molecule has 8 heteroatoms. The van der Waals surface area contributed by atoms with E-state index < -0.39 is 33.6 Å². The second-order valence-corrected chi connectivity index (χ2v) is 7.87. The highest BCUT2D eigenvalue weighted by Crippen LogP contribution is 2.34. The van der Waals surface area contributed by atoms with E-state index >= 15 is 0 Å². The number of hydrogen-bond acceptors (Lipinski definition) is 6. The van der Waals surface area contributed by atoms with Gasteiger partial charge in [-0.15, -0.1) is 0 Å². The molecule has 0 saturated carbocycles. The zero-order chi connectivity index (χ0) is 19.8. The van der Waals surface area contributed by atoms with Crippen LogP contribution in [0, 0.1) is 0 Å². The van der Waals surface area contributed by atoms with E-state index in [1.54, 1.807) is 13.0 Å². The Balaban J connectivity index is 1.98. The van der Waals surface area contributed by atoms with Gasteiger partial charge in [-0.1, -0.05) is 12.1 Å². The lowest BCUT2D eigenvalue weighted by atomic mass is 10.0. The zero-order valence-electron chi connectivity index (χ0n) is 14.7. The van der Waals surface area contributed by atoms with Crippen molar-refractivity contribution in [1.82, 2.24) is 5.32 Å². The molecule has 1 N–H and O–H groups in total. The third-order valence-electron chi connectivity index (χ3n) is 4.18. The first-order chi connectivity index (χ1) is 12.8. The predicted octanol–water partition coefficient (Wildman–Crippen LogP) is 1.75. The maximum atomic E-state index is 12.9. The Hall–Kier alpha value is -3.00. The number of nitrogens with one attached hydrogen (secondary N) is 1. The highest BCUT2D eigenvalue weighted by molar-refractivity contribution is 7.91. The normalized spacial score (nSPS) is 15.3. The largest absolute Gasteiger partial charge is 0.449 e. The van der Waals surface area contributed by atoms with Crippen molar-refractivity contribution in [2.45, 2.75) is 29.7 Å². The monoisotopic (exact) mass is 387 g/mol. The molecule has 0 radical (unpaired) electrons. The third-order valence-corrected chi connectivity index (χ3v) is 6.03. The Kier molecular flexibility index (Phi) is 4.84. The maximum Gasteiger partial charge on any atom is 0.338 e. The fourth-order valence-electron chi connectivity index (χ4n) is 2.81. The number of rotatable bonds is 4. The summed E-state index contributed by atoms with van der Waals surface area (Å²) in [5, 5.41) is 2.53. The number of ether oxygens (including phenoxy) is 1. The summed E-state index contributed by atoms with van der Waals surface area (Å²) in [7, 11) is -3.95. The molecule has 1 amide bonds. The number of carbonyl (C=O) groups excluding carboxylic acids is 3. The van der Waals surface area contributed by atoms with Crippen LogP contribution in [0.25, 0.3) is 0 Å². The number of benzene rings is 2. The van der Waals surface area contributed by atoms with E-state index in [1.165, 1.54) is 37.3 Å². The number of hydrogen-bond donors (Lipinski definition) is 1. The molecule has 0 fully saturated rings. The molecule has 27 heavy (non-hydrogen) atoms. The van der Waals surface area contributed by atoms with Crippen molar-refractivity contribution in [3.8, 4) is 0 Å². The number of ketones is 1. The van der Waals surface area contributed by atoms with Crippen LogP contribution in [0.3, 0.4) is 0 Å². The second kappa shape index (κ2) is 6.96. The van der Waals surface area contributed by atoms with Crippen LogP contribution in [0.2, 0.25) is 0 Å². The van der Waals surface area contributed by atoms with E-state index in [-0.39, 0.29) is 26.5 Å². The van der Waals surface area contributed by atoms with Gasteiger partial charge in [0.1, 0.15) is 0 Å². The van der Waals surface area contributed by atoms with Crippen LogP contribution in [0.1, 0.15) is 40.1 Å². The van der Waals surface area contributed by atoms with Gasteiger partial charge in [0.15, 0.2) is 11.9 Å². The molecule has 1 atom stereocenters. The molecule has 2 aromatic carbocycles. The van der Waals surface area contributed by atoms with Crippen LogP contribution in [0.5, 0.6) is 0 Å². The van der Waals surface area contributed by atoms with Gasteiger partial charge < -0.3 is 10.1 Å². The summed E-state index contributed by atoms with van der Waals surface area (Å²) < 4.78 is 30.8. The van der Waals surface area contributed by atoms with Gasteiger partial charge in [-0.05, 0) is 44.2 Å². The van der Waals surface area contributed by atoms with Crippen LogP contribution in [0.15, 0.2) is 52.3 Å². The molecule has 0 spiro atoms. The van der Waals surface area contributed by atoms with Gasteiger partial charge >= 0.3 is 5.97 Å². The lowest BCUT2D eigenvalue weighted by Crippen LogP contribution is -2.35. The smallest absolute Gasteiger partial charge is 0.338 e. The first-order valence-electron chi connectivity index (χ1n) is 8.29. The first-order valence-corrected chi connectivity index (χ1v) is 9.77. The predicted molar refractivity (Wildman–Crippen MR) is 95.3 cm³/mol. The summed E-state index contributed by atoms with van der Waals surface area (Å²) in [5.41, 5.74) is 0.0489. The molecule has 1 aliphatic rings. The standard InChI is InChI=1S/C19H17NO6S/c1-3-20-18(22)11(2)26-19(23)12-8-9-14-16(10-12)27(24,25)15-7-5-4-6-13(15)17(14)21/h4-11H,3H2,1-2H3,(H,20,22)/t11-/m1/s1. The van der Waals surface area contributed by atoms with E-state index in [4.69, 9.17) is 4.74 Å².